The normalized spacial score (nSPS) is 50.1. The number of aliphatic carboxylic acids is 1. The van der Waals surface area contributed by atoms with Crippen molar-refractivity contribution in [2.24, 2.45) is 91.5 Å². The van der Waals surface area contributed by atoms with E-state index in [9.17, 15) is 60.7 Å². The predicted molar refractivity (Wildman–Crippen MR) is 271 cm³/mol. The molecule has 0 bridgehead atoms. The monoisotopic (exact) mass is 1060 g/mol. The molecule has 1 amide bonds. The lowest BCUT2D eigenvalue weighted by Gasteiger charge is -2.76. The van der Waals surface area contributed by atoms with E-state index in [1.165, 1.54) is 12.5 Å². The highest BCUT2D eigenvalue weighted by molar-refractivity contribution is 5.83. The predicted octanol–water partition coefficient (Wildman–Crippen LogP) is 0.280. The largest absolute Gasteiger partial charge is 0.481 e. The summed E-state index contributed by atoms with van der Waals surface area (Å²) in [5, 5.41) is 122. The second kappa shape index (κ2) is 18.6. The molecule has 6 aliphatic carbocycles. The molecule has 2 saturated heterocycles. The molecule has 16 N–H and O–H groups in total. The van der Waals surface area contributed by atoms with Gasteiger partial charge in [0.05, 0.1) is 79.3 Å². The van der Waals surface area contributed by atoms with Gasteiger partial charge in [0.15, 0.2) is 6.29 Å². The molecule has 6 fully saturated rings. The van der Waals surface area contributed by atoms with Crippen LogP contribution in [0.4, 0.5) is 5.82 Å². The number of aromatic nitrogens is 4. The number of anilines is 1. The Labute approximate surface area is 442 Å². The third-order valence-electron chi connectivity index (χ3n) is 23.3. The van der Waals surface area contributed by atoms with Gasteiger partial charge in [-0.1, -0.05) is 58.4 Å². The van der Waals surface area contributed by atoms with Crippen molar-refractivity contribution < 1.29 is 70.1 Å². The molecule has 0 aromatic carbocycles. The van der Waals surface area contributed by atoms with Gasteiger partial charge in [0, 0.05) is 42.8 Å². The van der Waals surface area contributed by atoms with Crippen LogP contribution in [0, 0.1) is 85.8 Å². The van der Waals surface area contributed by atoms with Crippen LogP contribution in [0.25, 0.3) is 0 Å². The molecule has 11 rings (SSSR count). The number of nitrogens with zero attached hydrogens (tertiary/aromatic N) is 2. The molecule has 420 valence electrons. The van der Waals surface area contributed by atoms with Gasteiger partial charge >= 0.3 is 5.97 Å². The minimum Gasteiger partial charge on any atom is -0.481 e. The van der Waals surface area contributed by atoms with Crippen molar-refractivity contribution >= 4 is 17.7 Å². The van der Waals surface area contributed by atoms with Crippen LogP contribution in [0.1, 0.15) is 91.0 Å². The molecule has 4 saturated carbocycles. The third kappa shape index (κ3) is 7.12. The zero-order valence-corrected chi connectivity index (χ0v) is 44.1. The number of amides is 1. The second-order valence-corrected chi connectivity index (χ2v) is 26.1. The lowest BCUT2D eigenvalue weighted by Crippen LogP contribution is -2.75. The Hall–Kier alpha value is -3.84. The second-order valence-electron chi connectivity index (χ2n) is 26.1. The first-order valence-electron chi connectivity index (χ1n) is 27.6. The number of fused-ring (bicyclic) bond motifs is 12. The number of nitrogens with two attached hydrogens (primary N) is 1. The van der Waals surface area contributed by atoms with E-state index in [-0.39, 0.29) is 37.4 Å². The quantitative estimate of drug-likeness (QED) is 0.0816. The fraction of sp³-hybridized carbons (Fsp3) is 0.782. The number of aromatic amines is 2. The summed E-state index contributed by atoms with van der Waals surface area (Å²) < 4.78 is 12.6. The molecule has 3 aliphatic heterocycles. The fourth-order valence-corrected chi connectivity index (χ4v) is 19.5. The average Bonchev–Trinajstić information content (AvgIpc) is 4.22. The van der Waals surface area contributed by atoms with Crippen LogP contribution in [0.3, 0.4) is 0 Å². The number of aliphatic hydroxyl groups is 9. The van der Waals surface area contributed by atoms with Crippen molar-refractivity contribution in [3.8, 4) is 0 Å². The number of carbonyl (C=O) groups is 2. The smallest absolute Gasteiger partial charge is 0.310 e. The van der Waals surface area contributed by atoms with Gasteiger partial charge in [-0.05, 0) is 108 Å². The number of H-pyrrole nitrogens is 2. The molecule has 25 atom stereocenters. The fourth-order valence-electron chi connectivity index (χ4n) is 19.5. The summed E-state index contributed by atoms with van der Waals surface area (Å²) in [6, 6.07) is -0.968. The minimum absolute atomic E-state index is 0.0938. The van der Waals surface area contributed by atoms with Crippen molar-refractivity contribution in [3.05, 3.63) is 54.0 Å². The van der Waals surface area contributed by atoms with Gasteiger partial charge in [-0.15, -0.1) is 0 Å². The van der Waals surface area contributed by atoms with E-state index in [0.717, 1.165) is 11.3 Å². The Morgan fingerprint density at radius 1 is 0.961 bits per heavy atom. The summed E-state index contributed by atoms with van der Waals surface area (Å²) >= 11 is 0. The number of hydrogen-bond donors (Lipinski definition) is 15. The maximum absolute atomic E-state index is 14.5. The Morgan fingerprint density at radius 2 is 1.72 bits per heavy atom. The molecule has 76 heavy (non-hydrogen) atoms. The number of imidazole rings is 2. The number of aliphatic hydroxyl groups excluding tert-OH is 9. The topological polar surface area (TPSA) is 362 Å². The molecule has 2 aromatic rings. The highest BCUT2D eigenvalue weighted by Crippen LogP contribution is 2.80. The molecule has 25 unspecified atom stereocenters. The van der Waals surface area contributed by atoms with Gasteiger partial charge in [0.1, 0.15) is 30.4 Å². The number of carboxylic acid groups (broad SMARTS) is 1. The average molecular weight is 1060 g/mol. The maximum atomic E-state index is 14.5. The van der Waals surface area contributed by atoms with Gasteiger partial charge in [0.2, 0.25) is 5.91 Å². The number of allylic oxidation sites excluding steroid dienone is 3. The highest BCUT2D eigenvalue weighted by Gasteiger charge is 2.78. The molecular weight excluding hydrogens is 983 g/mol. The minimum atomic E-state index is -1.74. The number of carboxylic acids is 1. The van der Waals surface area contributed by atoms with Crippen LogP contribution < -0.4 is 16.4 Å². The number of carbonyl (C=O) groups excluding carboxylic acids is 1. The highest BCUT2D eigenvalue weighted by atomic mass is 16.7. The lowest BCUT2D eigenvalue weighted by molar-refractivity contribution is -0.344. The Kier molecular flexibility index (Phi) is 13.3. The van der Waals surface area contributed by atoms with Crippen molar-refractivity contribution in [1.29, 1.82) is 0 Å². The summed E-state index contributed by atoms with van der Waals surface area (Å²) in [6.45, 7) is 9.56. The zero-order chi connectivity index (χ0) is 54.4. The van der Waals surface area contributed by atoms with E-state index in [0.29, 0.717) is 63.0 Å². The first-order chi connectivity index (χ1) is 36.0. The first-order valence-corrected chi connectivity index (χ1v) is 27.6. The molecule has 21 heteroatoms. The van der Waals surface area contributed by atoms with Crippen LogP contribution in [-0.4, -0.2) is 171 Å². The van der Waals surface area contributed by atoms with E-state index >= 15 is 0 Å². The summed E-state index contributed by atoms with van der Waals surface area (Å²) in [4.78, 5) is 44.4. The van der Waals surface area contributed by atoms with Crippen LogP contribution in [0.5, 0.6) is 0 Å². The van der Waals surface area contributed by atoms with Crippen LogP contribution in [0.15, 0.2) is 42.7 Å². The van der Waals surface area contributed by atoms with Crippen LogP contribution in [0.2, 0.25) is 0 Å². The van der Waals surface area contributed by atoms with E-state index < -0.39 is 154 Å². The van der Waals surface area contributed by atoms with Gasteiger partial charge in [0.25, 0.3) is 0 Å². The van der Waals surface area contributed by atoms with Gasteiger partial charge < -0.3 is 86.9 Å². The number of nitrogens with one attached hydrogen (secondary N) is 4. The first kappa shape index (κ1) is 54.1. The Bertz CT molecular complexity index is 2600. The molecule has 0 radical (unpaired) electrons. The Morgan fingerprint density at radius 3 is 2.39 bits per heavy atom. The SMILES string of the molecule is CC1(CO)CCC2(C(=O)O)C(C1)C1=CCC3C4(C)C(C5C=CC(c6cnc[nH]6)(C(O)CC(N)O)C6NC(=O)C(CO)C56)C(O)C(OC5OCC(O)C(O)C5O)C(C)(CO)C4CCC3(C)C1(C)C1Cc3[nH]cnc3NCC12. The van der Waals surface area contributed by atoms with Crippen molar-refractivity contribution in [2.45, 2.75) is 147 Å². The number of rotatable bonds is 11. The van der Waals surface area contributed by atoms with E-state index in [1.54, 1.807) is 12.4 Å². The molecule has 0 spiro atoms. The van der Waals surface area contributed by atoms with Crippen LogP contribution in [-0.2, 0) is 30.9 Å². The van der Waals surface area contributed by atoms with E-state index in [4.69, 9.17) is 15.2 Å². The van der Waals surface area contributed by atoms with Crippen molar-refractivity contribution in [1.82, 2.24) is 25.3 Å². The van der Waals surface area contributed by atoms with Crippen molar-refractivity contribution in [3.63, 3.8) is 0 Å². The molecule has 2 aromatic heterocycles. The summed E-state index contributed by atoms with van der Waals surface area (Å²) in [7, 11) is 0. The lowest BCUT2D eigenvalue weighted by atomic mass is 9.28. The summed E-state index contributed by atoms with van der Waals surface area (Å²) in [5.74, 6) is -6.09. The van der Waals surface area contributed by atoms with Crippen LogP contribution >= 0.6 is 0 Å². The third-order valence-corrected chi connectivity index (χ3v) is 23.3. The number of ether oxygens (including phenoxy) is 2. The Balaban J connectivity index is 1.13. The molecule has 9 aliphatic rings. The maximum Gasteiger partial charge on any atom is 0.310 e. The molecule has 21 nitrogen and oxygen atoms in total. The van der Waals surface area contributed by atoms with Crippen molar-refractivity contribution in [2.75, 3.05) is 38.3 Å². The van der Waals surface area contributed by atoms with Gasteiger partial charge in [-0.2, -0.15) is 0 Å². The molecular formula is C55H81N7O14. The molecule has 5 heterocycles. The summed E-state index contributed by atoms with van der Waals surface area (Å²) in [6.07, 6.45) is 1.77. The standard InChI is InChI=1S/C55H81N7O14/c1-49(21-64)12-13-54(48(73)74)29(16-49)27-6-7-34-51(3,53(27,5)28-14-31-45(61-24-59-31)58-17-30(28)54)10-9-33-50(2,22-65)44(76-47-42(71)40(69)32(66)20-75-47)41(70)39(52(33,34)4)25-8-11-55(35-18-57-23-60-35,36(67)15-37(56)68)43-38(25)26(19-63)46(72)62-43/h6,8,11,18,23-26,28-30,32-34,36-44,47,58,63-71H,7,9-10,12-17,19-22,56H2,1-5H3,(H,57,60)(H,59,61)(H,62,72)(H,73,74). The number of hydrogen-bond acceptors (Lipinski definition) is 17. The zero-order valence-electron chi connectivity index (χ0n) is 44.1. The summed E-state index contributed by atoms with van der Waals surface area (Å²) in [5.41, 5.74) is 1.49. The van der Waals surface area contributed by atoms with Gasteiger partial charge in [-0.3, -0.25) is 9.59 Å². The van der Waals surface area contributed by atoms with Gasteiger partial charge in [-0.25, -0.2) is 9.97 Å². The van der Waals surface area contributed by atoms with E-state index in [2.05, 4.69) is 64.3 Å². The van der Waals surface area contributed by atoms with E-state index in [1.807, 2.05) is 13.0 Å².